The van der Waals surface area contributed by atoms with Gasteiger partial charge < -0.3 is 9.47 Å². The Balaban J connectivity index is 2.33. The van der Waals surface area contributed by atoms with E-state index in [4.69, 9.17) is 0 Å². The molecule has 1 heterocycles. The molecule has 0 radical (unpaired) electrons. The molecule has 216 valence electrons. The molecule has 0 aromatic heterocycles. The molecule has 1 saturated heterocycles. The maximum Gasteiger partial charge on any atom is 0.331 e. The summed E-state index contributed by atoms with van der Waals surface area (Å²) in [5.74, 6) is -1.65. The van der Waals surface area contributed by atoms with Crippen LogP contribution in [0.3, 0.4) is 0 Å². The summed E-state index contributed by atoms with van der Waals surface area (Å²) in [6, 6.07) is -0.516. The van der Waals surface area contributed by atoms with Gasteiger partial charge in [-0.1, -0.05) is 34.6 Å². The van der Waals surface area contributed by atoms with Gasteiger partial charge in [0.05, 0.1) is 12.3 Å². The van der Waals surface area contributed by atoms with Crippen molar-refractivity contribution in [1.82, 2.24) is 4.90 Å². The van der Waals surface area contributed by atoms with Crippen LogP contribution >= 0.6 is 0 Å². The molecule has 0 N–H and O–H groups in total. The zero-order valence-corrected chi connectivity index (χ0v) is 24.7. The molecule has 38 heavy (non-hydrogen) atoms. The summed E-state index contributed by atoms with van der Waals surface area (Å²) in [5, 5.41) is 0. The minimum atomic E-state index is -0.516. The van der Waals surface area contributed by atoms with Crippen LogP contribution in [0.15, 0.2) is 9.98 Å². The normalized spacial score (nSPS) is 18.0. The predicted octanol–water partition coefficient (Wildman–Crippen LogP) is 4.80. The molecular weight excluding hydrogens is 486 g/mol. The number of hydrogen-bond acceptors (Lipinski definition) is 9. The molecule has 2 unspecified atom stereocenters. The van der Waals surface area contributed by atoms with Gasteiger partial charge >= 0.3 is 24.4 Å². The number of cyclic esters (lactones) is 2. The maximum atomic E-state index is 12.0. The van der Waals surface area contributed by atoms with E-state index in [-0.39, 0.29) is 35.2 Å². The topological polar surface area (TPSA) is 115 Å². The lowest BCUT2D eigenvalue weighted by Crippen LogP contribution is -2.49. The summed E-state index contributed by atoms with van der Waals surface area (Å²) >= 11 is 0. The summed E-state index contributed by atoms with van der Waals surface area (Å²) in [4.78, 5) is 56.8. The highest BCUT2D eigenvalue weighted by Gasteiger charge is 2.41. The number of aliphatic imine (C=N–C) groups is 2. The van der Waals surface area contributed by atoms with Gasteiger partial charge in [-0.25, -0.2) is 4.79 Å². The number of esters is 3. The van der Waals surface area contributed by atoms with Crippen molar-refractivity contribution in [3.05, 3.63) is 0 Å². The van der Waals surface area contributed by atoms with E-state index in [1.54, 1.807) is 0 Å². The van der Waals surface area contributed by atoms with E-state index in [1.165, 1.54) is 0 Å². The van der Waals surface area contributed by atoms with Crippen LogP contribution in [-0.4, -0.2) is 73.4 Å². The first-order valence-electron chi connectivity index (χ1n) is 13.7. The zero-order chi connectivity index (χ0) is 29.0. The molecule has 0 aromatic carbocycles. The number of likely N-dealkylation sites (N-methyl/N-ethyl adjacent to an activating group) is 1. The molecule has 1 fully saturated rings. The second kappa shape index (κ2) is 15.2. The van der Waals surface area contributed by atoms with Crippen LogP contribution in [0.25, 0.3) is 0 Å². The number of nitrogens with zero attached hydrogens (tertiary/aromatic N) is 3. The van der Waals surface area contributed by atoms with E-state index in [0.29, 0.717) is 25.9 Å². The number of unbranched alkanes of at least 4 members (excludes halogenated alkanes) is 2. The number of hydrogen-bond donors (Lipinski definition) is 0. The van der Waals surface area contributed by atoms with Gasteiger partial charge in [0.1, 0.15) is 6.04 Å². The molecule has 0 bridgehead atoms. The Morgan fingerprint density at radius 2 is 1.74 bits per heavy atom. The molecule has 1 aliphatic rings. The van der Waals surface area contributed by atoms with E-state index in [0.717, 1.165) is 32.1 Å². The summed E-state index contributed by atoms with van der Waals surface area (Å²) in [7, 11) is 1.85. The Bertz CT molecular complexity index is 862. The third-order valence-electron chi connectivity index (χ3n) is 7.31. The van der Waals surface area contributed by atoms with Crippen LogP contribution < -0.4 is 0 Å². The largest absolute Gasteiger partial charge is 0.395 e. The van der Waals surface area contributed by atoms with Gasteiger partial charge in [0.25, 0.3) is 0 Å². The van der Waals surface area contributed by atoms with Crippen LogP contribution in [0.1, 0.15) is 99.8 Å². The lowest BCUT2D eigenvalue weighted by atomic mass is 9.70. The third kappa shape index (κ3) is 12.0. The highest BCUT2D eigenvalue weighted by atomic mass is 16.6. The highest BCUT2D eigenvalue weighted by Crippen LogP contribution is 2.39. The van der Waals surface area contributed by atoms with Crippen molar-refractivity contribution in [2.45, 2.75) is 111 Å². The first-order chi connectivity index (χ1) is 17.6. The first-order valence-corrected chi connectivity index (χ1v) is 13.7. The van der Waals surface area contributed by atoms with Crippen LogP contribution in [0.4, 0.5) is 0 Å². The number of rotatable bonds is 18. The van der Waals surface area contributed by atoms with Crippen molar-refractivity contribution in [3.8, 4) is 0 Å². The molecular formula is C29H49N3O6. The molecule has 0 saturated carbocycles. The Labute approximate surface area is 228 Å². The lowest BCUT2D eigenvalue weighted by molar-refractivity contribution is -0.157. The van der Waals surface area contributed by atoms with Crippen LogP contribution in [-0.2, 0) is 28.7 Å². The molecule has 1 rings (SSSR count). The van der Waals surface area contributed by atoms with Gasteiger partial charge in [-0.05, 0) is 89.1 Å². The third-order valence-corrected chi connectivity index (χ3v) is 7.31. The molecule has 1 aliphatic heterocycles. The van der Waals surface area contributed by atoms with Crippen molar-refractivity contribution < 1.29 is 28.7 Å². The van der Waals surface area contributed by atoms with Crippen LogP contribution in [0.5, 0.6) is 0 Å². The van der Waals surface area contributed by atoms with E-state index in [9.17, 15) is 19.2 Å². The Hall–Kier alpha value is -2.42. The Kier molecular flexibility index (Phi) is 13.5. The predicted molar refractivity (Wildman–Crippen MR) is 149 cm³/mol. The fraction of sp³-hybridized carbons (Fsp3) is 0.793. The van der Waals surface area contributed by atoms with Gasteiger partial charge in [0.2, 0.25) is 0 Å². The summed E-state index contributed by atoms with van der Waals surface area (Å²) < 4.78 is 9.25. The molecule has 9 nitrogen and oxygen atoms in total. The monoisotopic (exact) mass is 535 g/mol. The minimum Gasteiger partial charge on any atom is -0.395 e. The van der Waals surface area contributed by atoms with Crippen LogP contribution in [0, 0.1) is 16.7 Å². The minimum absolute atomic E-state index is 0.0171. The summed E-state index contributed by atoms with van der Waals surface area (Å²) in [5.41, 5.74) is -0.383. The van der Waals surface area contributed by atoms with Gasteiger partial charge in [0, 0.05) is 18.6 Å². The molecule has 0 aromatic rings. The SMILES string of the molecule is CCC(CC(C)(C)CC(C)(C)CN=CCCCC=NCCC(C)(C)N(C)C1CC(=O)OC1=O)C(=O)OC=O. The van der Waals surface area contributed by atoms with Gasteiger partial charge in [0.15, 0.2) is 0 Å². The molecule has 0 amide bonds. The first kappa shape index (κ1) is 33.6. The highest BCUT2D eigenvalue weighted by molar-refractivity contribution is 5.96. The number of carbonyl (C=O) groups is 4. The van der Waals surface area contributed by atoms with Crippen molar-refractivity contribution in [2.24, 2.45) is 26.7 Å². The molecule has 0 aliphatic carbocycles. The number of ether oxygens (including phenoxy) is 2. The smallest absolute Gasteiger partial charge is 0.331 e. The van der Waals surface area contributed by atoms with E-state index in [2.05, 4.69) is 47.2 Å². The fourth-order valence-electron chi connectivity index (χ4n) is 5.21. The zero-order valence-electron chi connectivity index (χ0n) is 24.7. The fourth-order valence-corrected chi connectivity index (χ4v) is 5.21. The lowest BCUT2D eigenvalue weighted by Gasteiger charge is -2.37. The second-order valence-electron chi connectivity index (χ2n) is 12.6. The van der Waals surface area contributed by atoms with E-state index in [1.807, 2.05) is 45.1 Å². The van der Waals surface area contributed by atoms with Crippen molar-refractivity contribution in [3.63, 3.8) is 0 Å². The van der Waals surface area contributed by atoms with Crippen molar-refractivity contribution in [2.75, 3.05) is 20.1 Å². The van der Waals surface area contributed by atoms with Crippen molar-refractivity contribution >= 4 is 36.8 Å². The molecule has 2 atom stereocenters. The quantitative estimate of drug-likeness (QED) is 0.0814. The standard InChI is InChI=1S/C29H49N3O6/c1-9-22(25(35)37-21-33)18-27(2,3)19-28(4,5)20-31-15-12-10-11-14-30-16-13-29(6,7)32(8)23-17-24(34)38-26(23)36/h14-15,21-23H,9-13,16-20H2,1-8H3. The van der Waals surface area contributed by atoms with Gasteiger partial charge in [-0.15, -0.1) is 0 Å². The summed E-state index contributed by atoms with van der Waals surface area (Å²) in [6.45, 7) is 16.3. The number of carbonyl (C=O) groups excluding carboxylic acids is 4. The van der Waals surface area contributed by atoms with Crippen LogP contribution in [0.2, 0.25) is 0 Å². The van der Waals surface area contributed by atoms with Crippen molar-refractivity contribution in [1.29, 1.82) is 0 Å². The van der Waals surface area contributed by atoms with Gasteiger partial charge in [-0.2, -0.15) is 0 Å². The Morgan fingerprint density at radius 1 is 1.11 bits per heavy atom. The Morgan fingerprint density at radius 3 is 2.29 bits per heavy atom. The van der Waals surface area contributed by atoms with E-state index < -0.39 is 23.9 Å². The van der Waals surface area contributed by atoms with Gasteiger partial charge in [-0.3, -0.25) is 29.3 Å². The molecule has 0 spiro atoms. The average molecular weight is 536 g/mol. The summed E-state index contributed by atoms with van der Waals surface area (Å²) in [6.07, 6.45) is 9.74. The second-order valence-corrected chi connectivity index (χ2v) is 12.6. The molecule has 9 heteroatoms. The van der Waals surface area contributed by atoms with E-state index >= 15 is 0 Å². The average Bonchev–Trinajstić information content (AvgIpc) is 3.14. The maximum absolute atomic E-state index is 12.0.